The van der Waals surface area contributed by atoms with Crippen molar-refractivity contribution < 1.29 is 64.2 Å². The first-order valence-electron chi connectivity index (χ1n) is 12.3. The molecule has 0 bridgehead atoms. The Morgan fingerprint density at radius 2 is 1.74 bits per heavy atom. The molecular weight excluding hydrogens is 520 g/mol. The van der Waals surface area contributed by atoms with E-state index in [2.05, 4.69) is 0 Å². The fraction of sp³-hybridized carbons (Fsp3) is 0.500. The molecule has 7 N–H and O–H groups in total. The molecule has 5 rings (SSSR count). The van der Waals surface area contributed by atoms with Crippen molar-refractivity contribution >= 4 is 5.78 Å². The predicted molar refractivity (Wildman–Crippen MR) is 128 cm³/mol. The molecule has 0 radical (unpaired) electrons. The second-order valence-corrected chi connectivity index (χ2v) is 9.79. The number of rotatable bonds is 7. The van der Waals surface area contributed by atoms with Crippen LogP contribution in [0.3, 0.4) is 0 Å². The van der Waals surface area contributed by atoms with Gasteiger partial charge in [0.1, 0.15) is 53.4 Å². The Bertz CT molecular complexity index is 1170. The number of ether oxygens (including phenoxy) is 5. The summed E-state index contributed by atoms with van der Waals surface area (Å²) in [6.45, 7) is -1.88. The normalized spacial score (nSPS) is 36.3. The molecule has 0 amide bonds. The van der Waals surface area contributed by atoms with Crippen LogP contribution >= 0.6 is 0 Å². The van der Waals surface area contributed by atoms with Crippen molar-refractivity contribution in [1.29, 1.82) is 0 Å². The number of benzene rings is 2. The molecule has 3 aliphatic heterocycles. The van der Waals surface area contributed by atoms with E-state index < -0.39 is 74.6 Å². The Hall–Kier alpha value is -2.85. The molecule has 212 valence electrons. The summed E-state index contributed by atoms with van der Waals surface area (Å²) in [6.07, 6.45) is -10.9. The van der Waals surface area contributed by atoms with E-state index in [1.807, 2.05) is 0 Å². The molecule has 0 aromatic heterocycles. The van der Waals surface area contributed by atoms with Crippen LogP contribution in [0, 0.1) is 0 Å². The Morgan fingerprint density at radius 1 is 1.00 bits per heavy atom. The number of aromatic hydroxyl groups is 1. The second kappa shape index (κ2) is 11.0. The number of carbonyl (C=O) groups is 1. The molecule has 3 heterocycles. The molecule has 1 unspecified atom stereocenters. The van der Waals surface area contributed by atoms with Gasteiger partial charge in [-0.15, -0.1) is 0 Å². The first-order chi connectivity index (χ1) is 18.6. The van der Waals surface area contributed by atoms with E-state index in [-0.39, 0.29) is 29.5 Å². The fourth-order valence-corrected chi connectivity index (χ4v) is 4.75. The van der Waals surface area contributed by atoms with Gasteiger partial charge in [0.05, 0.1) is 31.8 Å². The molecule has 13 heteroatoms. The van der Waals surface area contributed by atoms with Crippen LogP contribution in [0.25, 0.3) is 0 Å². The number of fused-ring (bicyclic) bond motifs is 1. The van der Waals surface area contributed by atoms with E-state index >= 15 is 0 Å². The summed E-state index contributed by atoms with van der Waals surface area (Å²) >= 11 is 0. The number of Topliss-reactive ketones (excluding diaryl/α,β-unsaturated/α-hetero) is 1. The molecule has 2 fully saturated rings. The number of hydrogen-bond acceptors (Lipinski definition) is 13. The maximum Gasteiger partial charge on any atom is 0.229 e. The number of hydrogen-bond donors (Lipinski definition) is 7. The molecule has 9 atom stereocenters. The third-order valence-corrected chi connectivity index (χ3v) is 7.11. The number of aliphatic hydroxyl groups is 6. The van der Waals surface area contributed by atoms with Crippen LogP contribution < -0.4 is 9.47 Å². The lowest BCUT2D eigenvalue weighted by Crippen LogP contribution is -2.62. The van der Waals surface area contributed by atoms with Crippen molar-refractivity contribution in [2.24, 2.45) is 0 Å². The standard InChI is InChI=1S/C26H30O13/c27-9-19-20(31)21(32)22(39-25-23(33)26(34,10-28)11-35-25)24(38-19)36-14-4-1-12(2-5-14)17-8-16(30)15-6-3-13(29)7-18(15)37-17/h1-7,17,19-25,27-29,31-34H,8-11H2/t17-,19+,20+,21-,22+,23-,24+,25?,26+/m1/s1. The lowest BCUT2D eigenvalue weighted by atomic mass is 9.96. The Balaban J connectivity index is 1.31. The summed E-state index contributed by atoms with van der Waals surface area (Å²) in [5, 5.41) is 70.3. The molecular formula is C26H30O13. The highest BCUT2D eigenvalue weighted by atomic mass is 16.8. The minimum atomic E-state index is -1.98. The van der Waals surface area contributed by atoms with Gasteiger partial charge in [-0.1, -0.05) is 12.1 Å². The summed E-state index contributed by atoms with van der Waals surface area (Å²) in [6, 6.07) is 10.7. The molecule has 0 spiro atoms. The Labute approximate surface area is 222 Å². The highest BCUT2D eigenvalue weighted by molar-refractivity contribution is 6.00. The zero-order chi connectivity index (χ0) is 27.9. The average Bonchev–Trinajstić information content (AvgIpc) is 3.21. The second-order valence-electron chi connectivity index (χ2n) is 9.79. The molecule has 13 nitrogen and oxygen atoms in total. The van der Waals surface area contributed by atoms with Gasteiger partial charge in [0, 0.05) is 6.07 Å². The number of ketones is 1. The quantitative estimate of drug-likeness (QED) is 0.215. The first-order valence-corrected chi connectivity index (χ1v) is 12.3. The van der Waals surface area contributed by atoms with Gasteiger partial charge in [-0.2, -0.15) is 0 Å². The predicted octanol–water partition coefficient (Wildman–Crippen LogP) is -1.26. The lowest BCUT2D eigenvalue weighted by Gasteiger charge is -2.42. The first kappa shape index (κ1) is 27.7. The maximum absolute atomic E-state index is 12.5. The van der Waals surface area contributed by atoms with Crippen LogP contribution in [0.15, 0.2) is 42.5 Å². The van der Waals surface area contributed by atoms with Crippen LogP contribution in [-0.2, 0) is 14.2 Å². The summed E-state index contributed by atoms with van der Waals surface area (Å²) in [5.74, 6) is 0.348. The molecule has 2 aromatic carbocycles. The summed E-state index contributed by atoms with van der Waals surface area (Å²) in [5.41, 5.74) is -0.945. The third-order valence-electron chi connectivity index (χ3n) is 7.11. The van der Waals surface area contributed by atoms with Gasteiger partial charge in [-0.05, 0) is 29.8 Å². The van der Waals surface area contributed by atoms with Crippen LogP contribution in [-0.4, -0.2) is 110 Å². The smallest absolute Gasteiger partial charge is 0.229 e. The van der Waals surface area contributed by atoms with Gasteiger partial charge in [-0.3, -0.25) is 4.79 Å². The fourth-order valence-electron chi connectivity index (χ4n) is 4.75. The van der Waals surface area contributed by atoms with Gasteiger partial charge < -0.3 is 59.4 Å². The van der Waals surface area contributed by atoms with E-state index in [0.29, 0.717) is 11.1 Å². The van der Waals surface area contributed by atoms with Crippen LogP contribution in [0.5, 0.6) is 17.2 Å². The molecule has 3 aliphatic rings. The van der Waals surface area contributed by atoms with E-state index in [1.54, 1.807) is 24.3 Å². The minimum absolute atomic E-state index is 0.0275. The number of phenolic OH excluding ortho intramolecular Hbond substituents is 1. The largest absolute Gasteiger partial charge is 0.508 e. The van der Waals surface area contributed by atoms with Crippen molar-refractivity contribution in [3.8, 4) is 17.2 Å². The zero-order valence-corrected chi connectivity index (χ0v) is 20.6. The highest BCUT2D eigenvalue weighted by Crippen LogP contribution is 2.38. The average molecular weight is 551 g/mol. The van der Waals surface area contributed by atoms with Gasteiger partial charge in [0.25, 0.3) is 0 Å². The van der Waals surface area contributed by atoms with Crippen molar-refractivity contribution in [1.82, 2.24) is 0 Å². The summed E-state index contributed by atoms with van der Waals surface area (Å²) in [7, 11) is 0. The van der Waals surface area contributed by atoms with E-state index in [1.165, 1.54) is 18.2 Å². The molecule has 2 saturated heterocycles. The van der Waals surface area contributed by atoms with Gasteiger partial charge in [0.15, 0.2) is 18.2 Å². The van der Waals surface area contributed by atoms with Gasteiger partial charge in [-0.25, -0.2) is 0 Å². The van der Waals surface area contributed by atoms with E-state index in [0.717, 1.165) is 0 Å². The molecule has 0 aliphatic carbocycles. The third kappa shape index (κ3) is 5.33. The maximum atomic E-state index is 12.5. The van der Waals surface area contributed by atoms with Crippen LogP contribution in [0.4, 0.5) is 0 Å². The van der Waals surface area contributed by atoms with Crippen molar-refractivity contribution in [2.45, 2.75) is 61.2 Å². The highest BCUT2D eigenvalue weighted by Gasteiger charge is 2.53. The minimum Gasteiger partial charge on any atom is -0.508 e. The summed E-state index contributed by atoms with van der Waals surface area (Å²) in [4.78, 5) is 12.5. The van der Waals surface area contributed by atoms with E-state index in [9.17, 15) is 40.5 Å². The number of aliphatic hydroxyl groups excluding tert-OH is 5. The Kier molecular flexibility index (Phi) is 7.79. The van der Waals surface area contributed by atoms with E-state index in [4.69, 9.17) is 23.7 Å². The Morgan fingerprint density at radius 3 is 2.41 bits per heavy atom. The molecule has 0 saturated carbocycles. The summed E-state index contributed by atoms with van der Waals surface area (Å²) < 4.78 is 28.3. The van der Waals surface area contributed by atoms with Crippen LogP contribution in [0.2, 0.25) is 0 Å². The van der Waals surface area contributed by atoms with Crippen molar-refractivity contribution in [2.75, 3.05) is 19.8 Å². The number of carbonyl (C=O) groups excluding carboxylic acids is 1. The monoisotopic (exact) mass is 550 g/mol. The number of phenols is 1. The molecule has 39 heavy (non-hydrogen) atoms. The van der Waals surface area contributed by atoms with Gasteiger partial charge >= 0.3 is 0 Å². The lowest BCUT2D eigenvalue weighted by molar-refractivity contribution is -0.318. The molecule has 2 aromatic rings. The van der Waals surface area contributed by atoms with Gasteiger partial charge in [0.2, 0.25) is 6.29 Å². The van der Waals surface area contributed by atoms with Crippen molar-refractivity contribution in [3.63, 3.8) is 0 Å². The zero-order valence-electron chi connectivity index (χ0n) is 20.6. The van der Waals surface area contributed by atoms with Crippen LogP contribution in [0.1, 0.15) is 28.4 Å². The topological polar surface area (TPSA) is 205 Å². The SMILES string of the molecule is O=C1C[C@H](c2ccc(O[C@H]3O[C@@H](CO)[C@H](O)[C@@H](O)[C@@H]3OC3OC[C@@](O)(CO)[C@@H]3O)cc2)Oc2cc(O)ccc21. The van der Waals surface area contributed by atoms with Crippen molar-refractivity contribution in [3.05, 3.63) is 53.6 Å².